The van der Waals surface area contributed by atoms with Crippen molar-refractivity contribution in [2.75, 3.05) is 13.2 Å². The van der Waals surface area contributed by atoms with Gasteiger partial charge in [0.15, 0.2) is 11.5 Å². The van der Waals surface area contributed by atoms with Crippen LogP contribution >= 0.6 is 23.2 Å². The van der Waals surface area contributed by atoms with E-state index in [4.69, 9.17) is 32.7 Å². The summed E-state index contributed by atoms with van der Waals surface area (Å²) in [5.41, 5.74) is 4.03. The van der Waals surface area contributed by atoms with Crippen LogP contribution in [0, 0.1) is 0 Å². The molecule has 0 unspecified atom stereocenters. The monoisotopic (exact) mass is 394 g/mol. The fraction of sp³-hybridized carbons (Fsp3) is 0.263. The van der Waals surface area contributed by atoms with Crippen LogP contribution in [-0.2, 0) is 11.2 Å². The van der Waals surface area contributed by atoms with Crippen molar-refractivity contribution in [2.24, 2.45) is 5.10 Å². The molecule has 5 nitrogen and oxygen atoms in total. The Bertz CT molecular complexity index is 777. The second kappa shape index (κ2) is 10.0. The van der Waals surface area contributed by atoms with Crippen molar-refractivity contribution in [1.29, 1.82) is 0 Å². The van der Waals surface area contributed by atoms with E-state index in [1.807, 2.05) is 13.8 Å². The number of ether oxygens (including phenoxy) is 2. The molecule has 0 radical (unpaired) electrons. The molecule has 0 atom stereocenters. The van der Waals surface area contributed by atoms with E-state index in [1.165, 1.54) is 6.21 Å². The maximum absolute atomic E-state index is 11.9. The van der Waals surface area contributed by atoms with E-state index >= 15 is 0 Å². The van der Waals surface area contributed by atoms with Crippen molar-refractivity contribution < 1.29 is 14.3 Å². The quantitative estimate of drug-likeness (QED) is 0.530. The van der Waals surface area contributed by atoms with E-state index in [9.17, 15) is 4.79 Å². The molecular weight excluding hydrogens is 375 g/mol. The molecule has 0 aliphatic heterocycles. The minimum atomic E-state index is -0.231. The summed E-state index contributed by atoms with van der Waals surface area (Å²) in [4.78, 5) is 11.9. The van der Waals surface area contributed by atoms with Crippen molar-refractivity contribution in [3.8, 4) is 11.5 Å². The summed E-state index contributed by atoms with van der Waals surface area (Å²) in [6.07, 6.45) is 1.71. The average molecular weight is 395 g/mol. The normalized spacial score (nSPS) is 10.8. The van der Waals surface area contributed by atoms with E-state index in [-0.39, 0.29) is 12.3 Å². The summed E-state index contributed by atoms with van der Waals surface area (Å²) in [7, 11) is 0. The first-order valence-corrected chi connectivity index (χ1v) is 8.94. The lowest BCUT2D eigenvalue weighted by atomic mass is 10.1. The van der Waals surface area contributed by atoms with E-state index in [2.05, 4.69) is 10.5 Å². The van der Waals surface area contributed by atoms with Crippen LogP contribution in [0.4, 0.5) is 0 Å². The Balaban J connectivity index is 2.02. The van der Waals surface area contributed by atoms with Crippen LogP contribution in [-0.4, -0.2) is 25.3 Å². The molecule has 138 valence electrons. The topological polar surface area (TPSA) is 59.9 Å². The molecule has 0 aromatic heterocycles. The molecule has 0 aliphatic carbocycles. The van der Waals surface area contributed by atoms with Crippen LogP contribution in [0.2, 0.25) is 10.0 Å². The maximum atomic E-state index is 11.9. The second-order valence-electron chi connectivity index (χ2n) is 5.29. The highest BCUT2D eigenvalue weighted by Crippen LogP contribution is 2.36. The number of halogens is 2. The first-order valence-electron chi connectivity index (χ1n) is 8.19. The Morgan fingerprint density at radius 3 is 2.46 bits per heavy atom. The zero-order valence-electron chi connectivity index (χ0n) is 14.6. The van der Waals surface area contributed by atoms with Gasteiger partial charge in [0.1, 0.15) is 0 Å². The maximum Gasteiger partial charge on any atom is 0.244 e. The molecule has 1 amide bonds. The number of rotatable bonds is 8. The SMILES string of the molecule is CCOc1cc(/C=N\NC(=O)Cc2ccc(Cl)cc2)cc(Cl)c1OCC. The Morgan fingerprint density at radius 2 is 1.81 bits per heavy atom. The number of benzene rings is 2. The van der Waals surface area contributed by atoms with Crippen LogP contribution in [0.15, 0.2) is 41.5 Å². The van der Waals surface area contributed by atoms with E-state index in [0.717, 1.165) is 5.56 Å². The Labute approximate surface area is 162 Å². The van der Waals surface area contributed by atoms with Gasteiger partial charge in [0.05, 0.1) is 30.9 Å². The van der Waals surface area contributed by atoms with Gasteiger partial charge in [0.2, 0.25) is 5.91 Å². The molecular formula is C19H20Cl2N2O3. The van der Waals surface area contributed by atoms with Crippen LogP contribution in [0.3, 0.4) is 0 Å². The fourth-order valence-corrected chi connectivity index (χ4v) is 2.62. The third-order valence-electron chi connectivity index (χ3n) is 3.30. The number of hydrazone groups is 1. The summed E-state index contributed by atoms with van der Waals surface area (Å²) in [6, 6.07) is 10.5. The smallest absolute Gasteiger partial charge is 0.244 e. The number of hydrogen-bond donors (Lipinski definition) is 1. The number of nitrogens with one attached hydrogen (secondary N) is 1. The second-order valence-corrected chi connectivity index (χ2v) is 6.14. The van der Waals surface area contributed by atoms with E-state index in [0.29, 0.717) is 40.3 Å². The minimum Gasteiger partial charge on any atom is -0.490 e. The molecule has 1 N–H and O–H groups in total. The van der Waals surface area contributed by atoms with Crippen LogP contribution in [0.5, 0.6) is 11.5 Å². The fourth-order valence-electron chi connectivity index (χ4n) is 2.22. The first kappa shape index (κ1) is 20.1. The van der Waals surface area contributed by atoms with Gasteiger partial charge in [-0.05, 0) is 49.2 Å². The third kappa shape index (κ3) is 5.93. The highest BCUT2D eigenvalue weighted by Gasteiger charge is 2.11. The lowest BCUT2D eigenvalue weighted by Gasteiger charge is -2.13. The summed E-state index contributed by atoms with van der Waals surface area (Å²) in [5, 5.41) is 5.02. The standard InChI is InChI=1S/C19H20Cl2N2O3/c1-3-25-17-10-14(9-16(21)19(17)26-4-2)12-22-23-18(24)11-13-5-7-15(20)8-6-13/h5-10,12H,3-4,11H2,1-2H3,(H,23,24)/b22-12-. The zero-order chi connectivity index (χ0) is 18.9. The van der Waals surface area contributed by atoms with Crippen molar-refractivity contribution >= 4 is 35.3 Å². The number of carbonyl (C=O) groups excluding carboxylic acids is 1. The third-order valence-corrected chi connectivity index (χ3v) is 3.83. The molecule has 0 saturated carbocycles. The van der Waals surface area contributed by atoms with Gasteiger partial charge in [-0.1, -0.05) is 35.3 Å². The molecule has 0 spiro atoms. The highest BCUT2D eigenvalue weighted by molar-refractivity contribution is 6.32. The molecule has 0 saturated heterocycles. The lowest BCUT2D eigenvalue weighted by Crippen LogP contribution is -2.19. The number of nitrogens with zero attached hydrogens (tertiary/aromatic N) is 1. The van der Waals surface area contributed by atoms with Gasteiger partial charge in [-0.3, -0.25) is 4.79 Å². The van der Waals surface area contributed by atoms with Crippen molar-refractivity contribution in [1.82, 2.24) is 5.43 Å². The van der Waals surface area contributed by atoms with Gasteiger partial charge in [-0.25, -0.2) is 5.43 Å². The number of carbonyl (C=O) groups is 1. The Morgan fingerprint density at radius 1 is 1.12 bits per heavy atom. The van der Waals surface area contributed by atoms with Crippen molar-refractivity contribution in [3.63, 3.8) is 0 Å². The number of hydrogen-bond acceptors (Lipinski definition) is 4. The lowest BCUT2D eigenvalue weighted by molar-refractivity contribution is -0.120. The molecule has 2 rings (SSSR count). The minimum absolute atomic E-state index is 0.211. The van der Waals surface area contributed by atoms with Gasteiger partial charge in [0, 0.05) is 5.02 Å². The molecule has 0 heterocycles. The van der Waals surface area contributed by atoms with E-state index < -0.39 is 0 Å². The van der Waals surface area contributed by atoms with Crippen molar-refractivity contribution in [3.05, 3.63) is 57.6 Å². The zero-order valence-corrected chi connectivity index (χ0v) is 16.1. The predicted octanol–water partition coefficient (Wildman–Crippen LogP) is 4.48. The molecule has 2 aromatic rings. The Hall–Kier alpha value is -2.24. The highest BCUT2D eigenvalue weighted by atomic mass is 35.5. The summed E-state index contributed by atoms with van der Waals surface area (Å²) in [5.74, 6) is 0.807. The van der Waals surface area contributed by atoms with Crippen molar-refractivity contribution in [2.45, 2.75) is 20.3 Å². The van der Waals surface area contributed by atoms with Crippen LogP contribution < -0.4 is 14.9 Å². The van der Waals surface area contributed by atoms with E-state index in [1.54, 1.807) is 36.4 Å². The summed E-state index contributed by atoms with van der Waals surface area (Å²) >= 11 is 12.1. The van der Waals surface area contributed by atoms with Gasteiger partial charge in [-0.2, -0.15) is 5.10 Å². The molecule has 0 bridgehead atoms. The average Bonchev–Trinajstić information content (AvgIpc) is 2.60. The van der Waals surface area contributed by atoms with Gasteiger partial charge in [0.25, 0.3) is 0 Å². The Kier molecular flexibility index (Phi) is 7.75. The molecule has 7 heteroatoms. The van der Waals surface area contributed by atoms with Crippen LogP contribution in [0.1, 0.15) is 25.0 Å². The molecule has 0 aliphatic rings. The summed E-state index contributed by atoms with van der Waals surface area (Å²) < 4.78 is 11.1. The van der Waals surface area contributed by atoms with Crippen LogP contribution in [0.25, 0.3) is 0 Å². The predicted molar refractivity (Wildman–Crippen MR) is 105 cm³/mol. The van der Waals surface area contributed by atoms with Gasteiger partial charge >= 0.3 is 0 Å². The molecule has 2 aromatic carbocycles. The first-order chi connectivity index (χ1) is 12.5. The molecule has 0 fully saturated rings. The summed E-state index contributed by atoms with van der Waals surface area (Å²) in [6.45, 7) is 4.71. The number of amides is 1. The largest absolute Gasteiger partial charge is 0.490 e. The van der Waals surface area contributed by atoms with Gasteiger partial charge < -0.3 is 9.47 Å². The molecule has 26 heavy (non-hydrogen) atoms. The van der Waals surface area contributed by atoms with Gasteiger partial charge in [-0.15, -0.1) is 0 Å².